The zero-order chi connectivity index (χ0) is 15.1. The molecule has 1 heterocycles. The molecule has 0 amide bonds. The predicted octanol–water partition coefficient (Wildman–Crippen LogP) is 3.05. The van der Waals surface area contributed by atoms with E-state index in [2.05, 4.69) is 0 Å². The Bertz CT molecular complexity index is 744. The Morgan fingerprint density at radius 1 is 1.30 bits per heavy atom. The van der Waals surface area contributed by atoms with Crippen LogP contribution in [-0.2, 0) is 11.0 Å². The number of hydrogen-bond donors (Lipinski definition) is 0. The highest BCUT2D eigenvalue weighted by molar-refractivity contribution is 5.86. The van der Waals surface area contributed by atoms with Gasteiger partial charge in [0.25, 0.3) is 0 Å². The first-order valence-electron chi connectivity index (χ1n) is 5.53. The van der Waals surface area contributed by atoms with E-state index in [1.165, 1.54) is 13.0 Å². The molecule has 20 heavy (non-hydrogen) atoms. The van der Waals surface area contributed by atoms with Gasteiger partial charge in [0.1, 0.15) is 11.3 Å². The van der Waals surface area contributed by atoms with Crippen LogP contribution in [0, 0.1) is 6.92 Å². The molecule has 0 spiro atoms. The summed E-state index contributed by atoms with van der Waals surface area (Å²) in [6, 6.07) is 2.73. The second kappa shape index (κ2) is 4.66. The van der Waals surface area contributed by atoms with E-state index in [-0.39, 0.29) is 22.3 Å². The van der Waals surface area contributed by atoms with Gasteiger partial charge in [-0.2, -0.15) is 13.2 Å². The molecular weight excluding hydrogens is 277 g/mol. The van der Waals surface area contributed by atoms with Crippen molar-refractivity contribution in [3.05, 3.63) is 39.7 Å². The molecule has 2 rings (SSSR count). The highest BCUT2D eigenvalue weighted by Gasteiger charge is 2.34. The molecule has 2 aromatic rings. The lowest BCUT2D eigenvalue weighted by Gasteiger charge is -2.12. The molecule has 7 heteroatoms. The Morgan fingerprint density at radius 3 is 2.50 bits per heavy atom. The summed E-state index contributed by atoms with van der Waals surface area (Å²) >= 11 is 0. The number of esters is 1. The summed E-state index contributed by atoms with van der Waals surface area (Å²) in [6.07, 6.45) is -4.68. The van der Waals surface area contributed by atoms with E-state index < -0.39 is 23.3 Å². The fourth-order valence-corrected chi connectivity index (χ4v) is 1.84. The van der Waals surface area contributed by atoms with E-state index >= 15 is 0 Å². The first-order chi connectivity index (χ1) is 9.20. The molecule has 1 aromatic heterocycles. The minimum atomic E-state index is -4.68. The van der Waals surface area contributed by atoms with Crippen LogP contribution in [0.1, 0.15) is 18.1 Å². The van der Waals surface area contributed by atoms with Gasteiger partial charge in [-0.15, -0.1) is 0 Å². The van der Waals surface area contributed by atoms with Gasteiger partial charge in [-0.3, -0.25) is 4.79 Å². The highest BCUT2D eigenvalue weighted by atomic mass is 19.4. The standard InChI is InChI=1S/C13H9F3O4/c1-6-10(19-7(2)17)4-3-8-9(13(14,15)16)5-11(18)20-12(6)8/h3-5H,1-2H3. The zero-order valence-electron chi connectivity index (χ0n) is 10.5. The second-order valence-electron chi connectivity index (χ2n) is 4.14. The number of carbonyl (C=O) groups excluding carboxylic acids is 1. The minimum absolute atomic E-state index is 0.0486. The van der Waals surface area contributed by atoms with E-state index in [9.17, 15) is 22.8 Å². The number of alkyl halides is 3. The van der Waals surface area contributed by atoms with E-state index in [1.807, 2.05) is 0 Å². The predicted molar refractivity (Wildman–Crippen MR) is 63.5 cm³/mol. The van der Waals surface area contributed by atoms with E-state index in [0.717, 1.165) is 13.0 Å². The SMILES string of the molecule is CC(=O)Oc1ccc2c(C(F)(F)F)cc(=O)oc2c1C. The molecule has 0 radical (unpaired) electrons. The number of carbonyl (C=O) groups is 1. The molecule has 0 atom stereocenters. The number of fused-ring (bicyclic) bond motifs is 1. The Morgan fingerprint density at radius 2 is 1.95 bits per heavy atom. The van der Waals surface area contributed by atoms with Crippen molar-refractivity contribution in [1.29, 1.82) is 0 Å². The van der Waals surface area contributed by atoms with Crippen molar-refractivity contribution in [3.63, 3.8) is 0 Å². The smallest absolute Gasteiger partial charge is 0.417 e. The van der Waals surface area contributed by atoms with Gasteiger partial charge in [0.15, 0.2) is 0 Å². The van der Waals surface area contributed by atoms with Gasteiger partial charge in [0, 0.05) is 23.9 Å². The molecule has 0 fully saturated rings. The topological polar surface area (TPSA) is 56.5 Å². The molecule has 1 aromatic carbocycles. The van der Waals surface area contributed by atoms with Crippen LogP contribution in [0.2, 0.25) is 0 Å². The average Bonchev–Trinajstić information content (AvgIpc) is 2.31. The summed E-state index contributed by atoms with van der Waals surface area (Å²) in [5.74, 6) is -0.575. The summed E-state index contributed by atoms with van der Waals surface area (Å²) < 4.78 is 48.3. The Balaban J connectivity index is 2.80. The molecule has 106 valence electrons. The van der Waals surface area contributed by atoms with Crippen molar-refractivity contribution in [3.8, 4) is 5.75 Å². The zero-order valence-corrected chi connectivity index (χ0v) is 10.5. The molecule has 0 N–H and O–H groups in total. The molecule has 0 unspecified atom stereocenters. The number of benzene rings is 1. The maximum atomic E-state index is 12.9. The number of halogens is 3. The van der Waals surface area contributed by atoms with E-state index in [4.69, 9.17) is 9.15 Å². The summed E-state index contributed by atoms with van der Waals surface area (Å²) in [6.45, 7) is 2.57. The van der Waals surface area contributed by atoms with Crippen LogP contribution in [0.15, 0.2) is 27.4 Å². The fraction of sp³-hybridized carbons (Fsp3) is 0.231. The largest absolute Gasteiger partial charge is 0.426 e. The Hall–Kier alpha value is -2.31. The normalized spacial score (nSPS) is 11.7. The number of rotatable bonds is 1. The number of aryl methyl sites for hydroxylation is 1. The van der Waals surface area contributed by atoms with Gasteiger partial charge in [-0.1, -0.05) is 0 Å². The Labute approximate surface area is 110 Å². The molecular formula is C13H9F3O4. The van der Waals surface area contributed by atoms with Crippen LogP contribution < -0.4 is 10.4 Å². The maximum Gasteiger partial charge on any atom is 0.417 e. The van der Waals surface area contributed by atoms with Gasteiger partial charge >= 0.3 is 17.8 Å². The van der Waals surface area contributed by atoms with Gasteiger partial charge in [-0.05, 0) is 19.1 Å². The minimum Gasteiger partial charge on any atom is -0.426 e. The van der Waals surface area contributed by atoms with Crippen LogP contribution in [-0.4, -0.2) is 5.97 Å². The number of hydrogen-bond acceptors (Lipinski definition) is 4. The lowest BCUT2D eigenvalue weighted by Crippen LogP contribution is -2.12. The van der Waals surface area contributed by atoms with Gasteiger partial charge in [0.2, 0.25) is 0 Å². The van der Waals surface area contributed by atoms with Crippen molar-refractivity contribution in [1.82, 2.24) is 0 Å². The lowest BCUT2D eigenvalue weighted by molar-refractivity contribution is -0.136. The summed E-state index contributed by atoms with van der Waals surface area (Å²) in [4.78, 5) is 22.2. The Kier molecular flexibility index (Phi) is 3.29. The van der Waals surface area contributed by atoms with Crippen LogP contribution in [0.3, 0.4) is 0 Å². The monoisotopic (exact) mass is 286 g/mol. The third-order valence-electron chi connectivity index (χ3n) is 2.67. The van der Waals surface area contributed by atoms with Crippen LogP contribution >= 0.6 is 0 Å². The van der Waals surface area contributed by atoms with Gasteiger partial charge in [-0.25, -0.2) is 4.79 Å². The third-order valence-corrected chi connectivity index (χ3v) is 2.67. The molecule has 4 nitrogen and oxygen atoms in total. The second-order valence-corrected chi connectivity index (χ2v) is 4.14. The molecule has 0 aliphatic heterocycles. The van der Waals surface area contributed by atoms with Crippen molar-refractivity contribution >= 4 is 16.9 Å². The van der Waals surface area contributed by atoms with Crippen LogP contribution in [0.4, 0.5) is 13.2 Å². The fourth-order valence-electron chi connectivity index (χ4n) is 1.84. The van der Waals surface area contributed by atoms with Gasteiger partial charge < -0.3 is 9.15 Å². The van der Waals surface area contributed by atoms with Crippen molar-refractivity contribution in [2.24, 2.45) is 0 Å². The van der Waals surface area contributed by atoms with Crippen molar-refractivity contribution in [2.75, 3.05) is 0 Å². The lowest BCUT2D eigenvalue weighted by atomic mass is 10.1. The number of ether oxygens (including phenoxy) is 1. The van der Waals surface area contributed by atoms with E-state index in [1.54, 1.807) is 0 Å². The highest BCUT2D eigenvalue weighted by Crippen LogP contribution is 2.36. The molecule has 0 saturated carbocycles. The molecule has 0 aliphatic carbocycles. The van der Waals surface area contributed by atoms with Crippen LogP contribution in [0.5, 0.6) is 5.75 Å². The first-order valence-corrected chi connectivity index (χ1v) is 5.53. The van der Waals surface area contributed by atoms with Crippen LogP contribution in [0.25, 0.3) is 11.0 Å². The quantitative estimate of drug-likeness (QED) is 0.459. The van der Waals surface area contributed by atoms with Crippen molar-refractivity contribution < 1.29 is 27.1 Å². The molecule has 0 aliphatic rings. The molecule has 0 bridgehead atoms. The molecule has 0 saturated heterocycles. The van der Waals surface area contributed by atoms with Crippen molar-refractivity contribution in [2.45, 2.75) is 20.0 Å². The van der Waals surface area contributed by atoms with E-state index in [0.29, 0.717) is 6.07 Å². The maximum absolute atomic E-state index is 12.9. The van der Waals surface area contributed by atoms with Gasteiger partial charge in [0.05, 0.1) is 5.56 Å². The third kappa shape index (κ3) is 2.52. The summed E-state index contributed by atoms with van der Waals surface area (Å²) in [7, 11) is 0. The summed E-state index contributed by atoms with van der Waals surface area (Å²) in [5.41, 5.74) is -2.29. The first kappa shape index (κ1) is 14.1. The summed E-state index contributed by atoms with van der Waals surface area (Å²) in [5, 5.41) is -0.259. The average molecular weight is 286 g/mol.